The van der Waals surface area contributed by atoms with E-state index in [0.29, 0.717) is 19.3 Å². The van der Waals surface area contributed by atoms with E-state index >= 15 is 0 Å². The van der Waals surface area contributed by atoms with Gasteiger partial charge in [-0.3, -0.25) is 0 Å². The van der Waals surface area contributed by atoms with Gasteiger partial charge in [0.2, 0.25) is 0 Å². The maximum atomic E-state index is 5.51. The summed E-state index contributed by atoms with van der Waals surface area (Å²) >= 11 is 0. The maximum absolute atomic E-state index is 5.51. The molecule has 0 spiro atoms. The largest absolute Gasteiger partial charge is 0.468 e. The Hall–Kier alpha value is -1.06. The van der Waals surface area contributed by atoms with E-state index in [4.69, 9.17) is 9.15 Å². The molecule has 1 heterocycles. The molecule has 1 aliphatic rings. The van der Waals surface area contributed by atoms with Crippen LogP contribution in [0.3, 0.4) is 0 Å². The molecular formula is C13H19NO2. The van der Waals surface area contributed by atoms with Gasteiger partial charge in [-0.2, -0.15) is 0 Å². The summed E-state index contributed by atoms with van der Waals surface area (Å²) in [5.74, 6) is 1.01. The van der Waals surface area contributed by atoms with E-state index in [2.05, 4.69) is 5.32 Å². The molecule has 16 heavy (non-hydrogen) atoms. The first-order valence-corrected chi connectivity index (χ1v) is 5.87. The average molecular weight is 221 g/mol. The lowest BCUT2D eigenvalue weighted by atomic mass is 10.2. The van der Waals surface area contributed by atoms with Gasteiger partial charge in [0.05, 0.1) is 26.0 Å². The molecule has 2 rings (SSSR count). The highest BCUT2D eigenvalue weighted by Gasteiger charge is 2.21. The molecule has 1 aromatic rings. The predicted octanol–water partition coefficient (Wildman–Crippen LogP) is 2.62. The zero-order valence-corrected chi connectivity index (χ0v) is 9.74. The number of ether oxygens (including phenoxy) is 1. The summed E-state index contributed by atoms with van der Waals surface area (Å²) in [6.07, 6.45) is 8.33. The Morgan fingerprint density at radius 2 is 2.44 bits per heavy atom. The number of allylic oxidation sites excluding steroid dienone is 1. The van der Waals surface area contributed by atoms with Gasteiger partial charge >= 0.3 is 0 Å². The van der Waals surface area contributed by atoms with Crippen LogP contribution in [0.15, 0.2) is 28.9 Å². The van der Waals surface area contributed by atoms with E-state index in [1.807, 2.05) is 25.1 Å². The molecule has 1 fully saturated rings. The molecule has 1 N–H and O–H groups in total. The second kappa shape index (κ2) is 5.87. The smallest absolute Gasteiger partial charge is 0.123 e. The van der Waals surface area contributed by atoms with Crippen LogP contribution in [0.25, 0.3) is 0 Å². The second-order valence-corrected chi connectivity index (χ2v) is 4.11. The van der Waals surface area contributed by atoms with Gasteiger partial charge in [0, 0.05) is 11.6 Å². The number of hydrogen-bond donors (Lipinski definition) is 1. The topological polar surface area (TPSA) is 34.4 Å². The first kappa shape index (κ1) is 11.4. The van der Waals surface area contributed by atoms with Gasteiger partial charge in [-0.05, 0) is 25.8 Å². The number of furan rings is 1. The number of hydrogen-bond acceptors (Lipinski definition) is 3. The third-order valence-corrected chi connectivity index (χ3v) is 2.67. The van der Waals surface area contributed by atoms with Crippen LogP contribution >= 0.6 is 0 Å². The van der Waals surface area contributed by atoms with Crippen molar-refractivity contribution in [1.82, 2.24) is 5.32 Å². The van der Waals surface area contributed by atoms with Crippen LogP contribution in [0.2, 0.25) is 0 Å². The van der Waals surface area contributed by atoms with Crippen LogP contribution in [-0.4, -0.2) is 12.6 Å². The molecule has 0 radical (unpaired) electrons. The van der Waals surface area contributed by atoms with E-state index in [1.54, 1.807) is 6.26 Å². The van der Waals surface area contributed by atoms with Crippen molar-refractivity contribution in [3.8, 4) is 0 Å². The Bertz CT molecular complexity index is 339. The molecular weight excluding hydrogens is 202 g/mol. The van der Waals surface area contributed by atoms with Crippen LogP contribution in [0, 0.1) is 0 Å². The molecule has 1 aromatic heterocycles. The van der Waals surface area contributed by atoms with E-state index in [-0.39, 0.29) is 0 Å². The van der Waals surface area contributed by atoms with Crippen molar-refractivity contribution in [2.75, 3.05) is 6.61 Å². The van der Waals surface area contributed by atoms with Gasteiger partial charge in [-0.1, -0.05) is 12.2 Å². The Kier molecular flexibility index (Phi) is 4.19. The third kappa shape index (κ3) is 3.51. The SMILES string of the molecule is CC=CCOCc1ccoc1CNC1CC1. The summed E-state index contributed by atoms with van der Waals surface area (Å²) < 4.78 is 10.9. The zero-order valence-electron chi connectivity index (χ0n) is 9.74. The lowest BCUT2D eigenvalue weighted by Crippen LogP contribution is -2.15. The normalized spacial score (nSPS) is 16.1. The van der Waals surface area contributed by atoms with Crippen molar-refractivity contribution in [1.29, 1.82) is 0 Å². The second-order valence-electron chi connectivity index (χ2n) is 4.11. The summed E-state index contributed by atoms with van der Waals surface area (Å²) in [5.41, 5.74) is 1.15. The Balaban J connectivity index is 1.75. The van der Waals surface area contributed by atoms with E-state index in [9.17, 15) is 0 Å². The fourth-order valence-electron chi connectivity index (χ4n) is 1.51. The molecule has 0 amide bonds. The van der Waals surface area contributed by atoms with Crippen LogP contribution in [0.4, 0.5) is 0 Å². The van der Waals surface area contributed by atoms with Crippen molar-refractivity contribution in [3.63, 3.8) is 0 Å². The Morgan fingerprint density at radius 3 is 3.19 bits per heavy atom. The average Bonchev–Trinajstić information content (AvgIpc) is 3.02. The fourth-order valence-corrected chi connectivity index (χ4v) is 1.51. The minimum atomic E-state index is 0.628. The highest BCUT2D eigenvalue weighted by atomic mass is 16.5. The first-order chi connectivity index (χ1) is 7.90. The molecule has 0 aliphatic heterocycles. The van der Waals surface area contributed by atoms with Crippen molar-refractivity contribution >= 4 is 0 Å². The van der Waals surface area contributed by atoms with Crippen molar-refractivity contribution in [2.45, 2.75) is 39.0 Å². The molecule has 1 aliphatic carbocycles. The molecule has 0 unspecified atom stereocenters. The minimum absolute atomic E-state index is 0.628. The molecule has 0 atom stereocenters. The van der Waals surface area contributed by atoms with E-state index in [0.717, 1.165) is 17.9 Å². The van der Waals surface area contributed by atoms with Crippen LogP contribution in [-0.2, 0) is 17.9 Å². The van der Waals surface area contributed by atoms with Gasteiger partial charge in [0.15, 0.2) is 0 Å². The molecule has 0 saturated heterocycles. The van der Waals surface area contributed by atoms with Crippen molar-refractivity contribution in [3.05, 3.63) is 35.8 Å². The highest BCUT2D eigenvalue weighted by molar-refractivity contribution is 5.16. The van der Waals surface area contributed by atoms with Gasteiger partial charge in [0.1, 0.15) is 5.76 Å². The first-order valence-electron chi connectivity index (χ1n) is 5.87. The van der Waals surface area contributed by atoms with Crippen LogP contribution in [0.1, 0.15) is 31.1 Å². The summed E-state index contributed by atoms with van der Waals surface area (Å²) in [6, 6.07) is 2.70. The van der Waals surface area contributed by atoms with Gasteiger partial charge < -0.3 is 14.5 Å². The zero-order chi connectivity index (χ0) is 11.2. The van der Waals surface area contributed by atoms with Gasteiger partial charge in [-0.25, -0.2) is 0 Å². The Morgan fingerprint density at radius 1 is 1.56 bits per heavy atom. The lowest BCUT2D eigenvalue weighted by Gasteiger charge is -2.04. The third-order valence-electron chi connectivity index (χ3n) is 2.67. The molecule has 0 bridgehead atoms. The van der Waals surface area contributed by atoms with Crippen LogP contribution < -0.4 is 5.32 Å². The number of nitrogens with one attached hydrogen (secondary N) is 1. The molecule has 3 heteroatoms. The lowest BCUT2D eigenvalue weighted by molar-refractivity contribution is 0.147. The summed E-state index contributed by atoms with van der Waals surface area (Å²) in [7, 11) is 0. The van der Waals surface area contributed by atoms with E-state index in [1.165, 1.54) is 12.8 Å². The van der Waals surface area contributed by atoms with Gasteiger partial charge in [0.25, 0.3) is 0 Å². The van der Waals surface area contributed by atoms with Crippen molar-refractivity contribution in [2.24, 2.45) is 0 Å². The predicted molar refractivity (Wildman–Crippen MR) is 63.0 cm³/mol. The molecule has 1 saturated carbocycles. The van der Waals surface area contributed by atoms with Crippen LogP contribution in [0.5, 0.6) is 0 Å². The minimum Gasteiger partial charge on any atom is -0.468 e. The maximum Gasteiger partial charge on any atom is 0.123 e. The summed E-state index contributed by atoms with van der Waals surface area (Å²) in [6.45, 7) is 4.10. The standard InChI is InChI=1S/C13H19NO2/c1-2-3-7-15-10-11-6-8-16-13(11)9-14-12-4-5-12/h2-3,6,8,12,14H,4-5,7,9-10H2,1H3. The Labute approximate surface area is 96.5 Å². The monoisotopic (exact) mass is 221 g/mol. The van der Waals surface area contributed by atoms with Gasteiger partial charge in [-0.15, -0.1) is 0 Å². The number of rotatable bonds is 7. The summed E-state index contributed by atoms with van der Waals surface area (Å²) in [5, 5.41) is 3.44. The fraction of sp³-hybridized carbons (Fsp3) is 0.538. The summed E-state index contributed by atoms with van der Waals surface area (Å²) in [4.78, 5) is 0. The molecule has 0 aromatic carbocycles. The quantitative estimate of drug-likeness (QED) is 0.567. The van der Waals surface area contributed by atoms with Crippen molar-refractivity contribution < 1.29 is 9.15 Å². The molecule has 88 valence electrons. The van der Waals surface area contributed by atoms with E-state index < -0.39 is 0 Å². The highest BCUT2D eigenvalue weighted by Crippen LogP contribution is 2.20. The molecule has 3 nitrogen and oxygen atoms in total.